The Balaban J connectivity index is 2.57. The van der Waals surface area contributed by atoms with E-state index in [2.05, 4.69) is 6.92 Å². The molecule has 0 aliphatic carbocycles. The molecule has 0 bridgehead atoms. The summed E-state index contributed by atoms with van der Waals surface area (Å²) in [4.78, 5) is 12.2. The third kappa shape index (κ3) is 8.76. The quantitative estimate of drug-likeness (QED) is 0.212. The summed E-state index contributed by atoms with van der Waals surface area (Å²) >= 11 is 0. The third-order valence-corrected chi connectivity index (χ3v) is 4.52. The summed E-state index contributed by atoms with van der Waals surface area (Å²) in [6.45, 7) is 4.13. The van der Waals surface area contributed by atoms with Crippen LogP contribution < -0.4 is 0 Å². The van der Waals surface area contributed by atoms with E-state index >= 15 is 0 Å². The van der Waals surface area contributed by atoms with Gasteiger partial charge in [-0.25, -0.2) is 9.18 Å². The van der Waals surface area contributed by atoms with E-state index in [4.69, 9.17) is 4.74 Å². The average molecular weight is 390 g/mol. The van der Waals surface area contributed by atoms with Crippen LogP contribution in [0.1, 0.15) is 94.0 Å². The van der Waals surface area contributed by atoms with Crippen LogP contribution in [0, 0.1) is 5.82 Å². The first-order chi connectivity index (χ1) is 12.8. The van der Waals surface area contributed by atoms with Crippen molar-refractivity contribution in [2.45, 2.75) is 90.3 Å². The second kappa shape index (κ2) is 12.0. The largest absolute Gasteiger partial charge is 0.459 e. The zero-order valence-electron chi connectivity index (χ0n) is 16.2. The Morgan fingerprint density at radius 1 is 0.963 bits per heavy atom. The molecule has 1 aromatic rings. The first-order valence-corrected chi connectivity index (χ1v) is 9.87. The topological polar surface area (TPSA) is 26.3 Å². The van der Waals surface area contributed by atoms with E-state index in [9.17, 15) is 22.4 Å². The fraction of sp³-hybridized carbons (Fsp3) is 0.667. The monoisotopic (exact) mass is 390 g/mol. The molecular weight excluding hydrogens is 360 g/mol. The minimum Gasteiger partial charge on any atom is -0.459 e. The molecule has 0 heterocycles. The molecule has 1 aromatic carbocycles. The van der Waals surface area contributed by atoms with E-state index in [1.54, 1.807) is 0 Å². The highest BCUT2D eigenvalue weighted by Gasteiger charge is 2.35. The van der Waals surface area contributed by atoms with Gasteiger partial charge in [0.15, 0.2) is 0 Å². The van der Waals surface area contributed by atoms with E-state index in [0.717, 1.165) is 31.7 Å². The summed E-state index contributed by atoms with van der Waals surface area (Å²) in [6.07, 6.45) is 4.98. The molecule has 6 heteroatoms. The molecule has 27 heavy (non-hydrogen) atoms. The maximum absolute atomic E-state index is 13.4. The van der Waals surface area contributed by atoms with E-state index in [0.29, 0.717) is 25.0 Å². The van der Waals surface area contributed by atoms with Gasteiger partial charge in [0, 0.05) is 0 Å². The highest BCUT2D eigenvalue weighted by molar-refractivity contribution is 5.89. The summed E-state index contributed by atoms with van der Waals surface area (Å²) in [6, 6.07) is 2.21. The first kappa shape index (κ1) is 23.4. The molecule has 1 atom stereocenters. The van der Waals surface area contributed by atoms with Crippen LogP contribution in [0.15, 0.2) is 18.2 Å². The lowest BCUT2D eigenvalue weighted by Gasteiger charge is -2.18. The second-order valence-electron chi connectivity index (χ2n) is 6.92. The molecule has 0 spiro atoms. The van der Waals surface area contributed by atoms with Gasteiger partial charge in [-0.3, -0.25) is 0 Å². The van der Waals surface area contributed by atoms with Gasteiger partial charge in [-0.15, -0.1) is 0 Å². The molecule has 0 aromatic heterocycles. The van der Waals surface area contributed by atoms with Crippen LogP contribution in [0.4, 0.5) is 17.6 Å². The maximum atomic E-state index is 13.4. The third-order valence-electron chi connectivity index (χ3n) is 4.52. The predicted molar refractivity (Wildman–Crippen MR) is 98.1 cm³/mol. The van der Waals surface area contributed by atoms with Gasteiger partial charge < -0.3 is 4.74 Å². The van der Waals surface area contributed by atoms with E-state index in [-0.39, 0.29) is 11.7 Å². The number of carbonyl (C=O) groups is 1. The highest BCUT2D eigenvalue weighted by atomic mass is 19.4. The van der Waals surface area contributed by atoms with E-state index in [1.165, 1.54) is 25.7 Å². The minimum atomic E-state index is -4.85. The zero-order valence-corrected chi connectivity index (χ0v) is 16.2. The fourth-order valence-corrected chi connectivity index (χ4v) is 3.00. The molecule has 2 nitrogen and oxygen atoms in total. The van der Waals surface area contributed by atoms with Gasteiger partial charge in [0.05, 0.1) is 11.1 Å². The number of carbonyl (C=O) groups excluding carboxylic acids is 1. The lowest BCUT2D eigenvalue weighted by Crippen LogP contribution is -2.19. The Morgan fingerprint density at radius 2 is 1.59 bits per heavy atom. The van der Waals surface area contributed by atoms with Crippen molar-refractivity contribution in [1.82, 2.24) is 0 Å². The Hall–Kier alpha value is -1.59. The molecule has 0 fully saturated rings. The minimum absolute atomic E-state index is 0.274. The maximum Gasteiger partial charge on any atom is 0.419 e. The van der Waals surface area contributed by atoms with Crippen LogP contribution in [0.25, 0.3) is 0 Å². The summed E-state index contributed by atoms with van der Waals surface area (Å²) in [5.74, 6) is -2.23. The molecule has 0 saturated carbocycles. The Bertz CT molecular complexity index is 570. The molecule has 0 N–H and O–H groups in total. The number of esters is 1. The van der Waals surface area contributed by atoms with Crippen LogP contribution in [0.2, 0.25) is 0 Å². The highest BCUT2D eigenvalue weighted by Crippen LogP contribution is 2.32. The Morgan fingerprint density at radius 3 is 2.19 bits per heavy atom. The van der Waals surface area contributed by atoms with Crippen molar-refractivity contribution >= 4 is 5.97 Å². The van der Waals surface area contributed by atoms with Crippen molar-refractivity contribution < 1.29 is 27.1 Å². The van der Waals surface area contributed by atoms with E-state index in [1.807, 2.05) is 6.92 Å². The van der Waals surface area contributed by atoms with Crippen molar-refractivity contribution in [1.29, 1.82) is 0 Å². The van der Waals surface area contributed by atoms with Crippen LogP contribution in [0.3, 0.4) is 0 Å². The van der Waals surface area contributed by atoms with Gasteiger partial charge >= 0.3 is 12.1 Å². The molecule has 0 aliphatic rings. The fourth-order valence-electron chi connectivity index (χ4n) is 3.00. The van der Waals surface area contributed by atoms with Crippen molar-refractivity contribution in [3.63, 3.8) is 0 Å². The molecule has 1 rings (SSSR count). The number of hydrogen-bond donors (Lipinski definition) is 0. The van der Waals surface area contributed by atoms with Gasteiger partial charge in [-0.05, 0) is 37.5 Å². The lowest BCUT2D eigenvalue weighted by atomic mass is 10.0. The molecule has 1 unspecified atom stereocenters. The first-order valence-electron chi connectivity index (χ1n) is 9.87. The van der Waals surface area contributed by atoms with Gasteiger partial charge in [-0.1, -0.05) is 58.8 Å². The van der Waals surface area contributed by atoms with Crippen molar-refractivity contribution in [3.05, 3.63) is 35.1 Å². The number of ether oxygens (including phenoxy) is 1. The van der Waals surface area contributed by atoms with Crippen molar-refractivity contribution in [2.75, 3.05) is 0 Å². The molecule has 0 aliphatic heterocycles. The molecule has 0 amide bonds. The van der Waals surface area contributed by atoms with Crippen molar-refractivity contribution in [2.24, 2.45) is 0 Å². The van der Waals surface area contributed by atoms with Crippen LogP contribution >= 0.6 is 0 Å². The van der Waals surface area contributed by atoms with Gasteiger partial charge in [0.2, 0.25) is 0 Å². The number of hydrogen-bond acceptors (Lipinski definition) is 2. The van der Waals surface area contributed by atoms with Gasteiger partial charge in [-0.2, -0.15) is 13.2 Å². The van der Waals surface area contributed by atoms with Crippen molar-refractivity contribution in [3.8, 4) is 0 Å². The normalized spacial score (nSPS) is 12.8. The van der Waals surface area contributed by atoms with Crippen LogP contribution in [-0.2, 0) is 10.9 Å². The number of alkyl halides is 3. The predicted octanol–water partition coefficient (Wildman–Crippen LogP) is 7.31. The van der Waals surface area contributed by atoms with Gasteiger partial charge in [0.1, 0.15) is 11.9 Å². The number of halogens is 4. The Kier molecular flexibility index (Phi) is 10.4. The average Bonchev–Trinajstić information content (AvgIpc) is 2.60. The molecule has 0 saturated heterocycles. The summed E-state index contributed by atoms with van der Waals surface area (Å²) in [5, 5.41) is 0. The molecule has 0 radical (unpaired) electrons. The van der Waals surface area contributed by atoms with Gasteiger partial charge in [0.25, 0.3) is 0 Å². The zero-order chi connectivity index (χ0) is 20.3. The molecular formula is C21H30F4O2. The summed E-state index contributed by atoms with van der Waals surface area (Å²) in [5.41, 5.74) is -1.72. The number of unbranched alkanes of at least 4 members (excludes halogenated alkanes) is 6. The SMILES string of the molecule is CCCCCCCCCC(CCC)OC(=O)c1ccc(F)c(C(F)(F)F)c1. The Labute approximate surface area is 159 Å². The van der Waals surface area contributed by atoms with E-state index < -0.39 is 23.5 Å². The number of rotatable bonds is 12. The second-order valence-corrected chi connectivity index (χ2v) is 6.92. The molecule has 154 valence electrons. The van der Waals surface area contributed by atoms with Crippen LogP contribution in [0.5, 0.6) is 0 Å². The standard InChI is InChI=1S/C21H30F4O2/c1-3-5-6-7-8-9-10-12-17(11-4-2)27-20(26)16-13-14-19(22)18(15-16)21(23,24)25/h13-15,17H,3-12H2,1-2H3. The number of benzene rings is 1. The smallest absolute Gasteiger partial charge is 0.419 e. The summed E-state index contributed by atoms with van der Waals surface area (Å²) < 4.78 is 57.2. The summed E-state index contributed by atoms with van der Waals surface area (Å²) in [7, 11) is 0. The lowest BCUT2D eigenvalue weighted by molar-refractivity contribution is -0.140. The van der Waals surface area contributed by atoms with Crippen LogP contribution in [-0.4, -0.2) is 12.1 Å².